The van der Waals surface area contributed by atoms with Gasteiger partial charge in [-0.3, -0.25) is 4.79 Å². The summed E-state index contributed by atoms with van der Waals surface area (Å²) < 4.78 is 18.5. The Kier molecular flexibility index (Phi) is 5.57. The maximum atomic E-state index is 13.1. The van der Waals surface area contributed by atoms with Gasteiger partial charge in [-0.2, -0.15) is 0 Å². The summed E-state index contributed by atoms with van der Waals surface area (Å²) in [5.41, 5.74) is 1.88. The summed E-state index contributed by atoms with van der Waals surface area (Å²) in [7, 11) is 0. The van der Waals surface area contributed by atoms with Gasteiger partial charge in [0.25, 0.3) is 5.91 Å². The molecule has 152 valence electrons. The van der Waals surface area contributed by atoms with E-state index in [-0.39, 0.29) is 12.2 Å². The molecule has 2 aromatic carbocycles. The lowest BCUT2D eigenvalue weighted by molar-refractivity contribution is -0.112. The number of halogens is 1. The minimum atomic E-state index is -0.904. The number of ether oxygens (including phenoxy) is 1. The third kappa shape index (κ3) is 4.38. The van der Waals surface area contributed by atoms with Crippen molar-refractivity contribution in [3.63, 3.8) is 0 Å². The molecule has 29 heavy (non-hydrogen) atoms. The van der Waals surface area contributed by atoms with Gasteiger partial charge in [0.1, 0.15) is 11.4 Å². The molecule has 0 aliphatic carbocycles. The van der Waals surface area contributed by atoms with Crippen LogP contribution in [0.2, 0.25) is 0 Å². The molecule has 1 aliphatic rings. The number of amides is 2. The number of para-hydroxylation sites is 1. The number of benzene rings is 2. The SMILES string of the molecule is C/C(CC(O)c1ccc(F)cc1)=C1/C(=O)N(C(=O)OC(C)(C)C)c2ccccc21. The Balaban J connectivity index is 1.95. The fraction of sp³-hybridized carbons (Fsp3) is 0.304. The van der Waals surface area contributed by atoms with E-state index in [0.29, 0.717) is 28.0 Å². The molecular formula is C23H24FNO4. The second-order valence-corrected chi connectivity index (χ2v) is 8.06. The molecule has 6 heteroatoms. The first-order valence-electron chi connectivity index (χ1n) is 9.38. The predicted molar refractivity (Wildman–Crippen MR) is 109 cm³/mol. The van der Waals surface area contributed by atoms with E-state index in [4.69, 9.17) is 4.74 Å². The topological polar surface area (TPSA) is 66.8 Å². The van der Waals surface area contributed by atoms with Crippen molar-refractivity contribution in [2.75, 3.05) is 4.90 Å². The summed E-state index contributed by atoms with van der Waals surface area (Å²) in [4.78, 5) is 26.8. The van der Waals surface area contributed by atoms with Crippen molar-refractivity contribution in [1.29, 1.82) is 0 Å². The van der Waals surface area contributed by atoms with Crippen LogP contribution in [0.3, 0.4) is 0 Å². The lowest BCUT2D eigenvalue weighted by Gasteiger charge is -2.23. The molecule has 3 rings (SSSR count). The molecule has 0 radical (unpaired) electrons. The Labute approximate surface area is 169 Å². The van der Waals surface area contributed by atoms with Gasteiger partial charge in [-0.15, -0.1) is 0 Å². The molecule has 0 spiro atoms. The van der Waals surface area contributed by atoms with Crippen molar-refractivity contribution in [2.24, 2.45) is 0 Å². The second kappa shape index (κ2) is 7.79. The lowest BCUT2D eigenvalue weighted by atomic mass is 9.95. The molecule has 5 nitrogen and oxygen atoms in total. The van der Waals surface area contributed by atoms with Crippen molar-refractivity contribution >= 4 is 23.3 Å². The van der Waals surface area contributed by atoms with Crippen LogP contribution in [0.1, 0.15) is 51.3 Å². The van der Waals surface area contributed by atoms with E-state index in [1.165, 1.54) is 24.3 Å². The first-order valence-corrected chi connectivity index (χ1v) is 9.38. The Morgan fingerprint density at radius 1 is 1.14 bits per heavy atom. The van der Waals surface area contributed by atoms with Gasteiger partial charge in [0.2, 0.25) is 0 Å². The van der Waals surface area contributed by atoms with Crippen molar-refractivity contribution in [3.8, 4) is 0 Å². The first kappa shape index (κ1) is 20.7. The summed E-state index contributed by atoms with van der Waals surface area (Å²) in [5, 5.41) is 10.5. The minimum Gasteiger partial charge on any atom is -0.443 e. The molecule has 1 atom stereocenters. The van der Waals surface area contributed by atoms with Crippen molar-refractivity contribution in [1.82, 2.24) is 0 Å². The van der Waals surface area contributed by atoms with E-state index in [2.05, 4.69) is 0 Å². The fourth-order valence-corrected chi connectivity index (χ4v) is 3.31. The molecule has 1 unspecified atom stereocenters. The zero-order valence-corrected chi connectivity index (χ0v) is 16.9. The van der Waals surface area contributed by atoms with Crippen molar-refractivity contribution < 1.29 is 23.8 Å². The summed E-state index contributed by atoms with van der Waals surface area (Å²) in [6, 6.07) is 12.6. The van der Waals surface area contributed by atoms with Crippen molar-refractivity contribution in [2.45, 2.75) is 45.8 Å². The summed E-state index contributed by atoms with van der Waals surface area (Å²) in [6.07, 6.45) is -1.47. The predicted octanol–water partition coefficient (Wildman–Crippen LogP) is 5.00. The number of aliphatic hydroxyl groups is 1. The van der Waals surface area contributed by atoms with Crippen LogP contribution in [0.4, 0.5) is 14.9 Å². The largest absolute Gasteiger partial charge is 0.443 e. The van der Waals surface area contributed by atoms with Crippen LogP contribution >= 0.6 is 0 Å². The van der Waals surface area contributed by atoms with E-state index < -0.39 is 23.7 Å². The van der Waals surface area contributed by atoms with Crippen LogP contribution in [0, 0.1) is 5.82 Å². The number of fused-ring (bicyclic) bond motifs is 1. The van der Waals surface area contributed by atoms with Gasteiger partial charge in [0.05, 0.1) is 11.8 Å². The highest BCUT2D eigenvalue weighted by molar-refractivity contribution is 6.39. The molecule has 0 fully saturated rings. The molecule has 1 heterocycles. The quantitative estimate of drug-likeness (QED) is 0.740. The molecule has 1 aliphatic heterocycles. The smallest absolute Gasteiger partial charge is 0.422 e. The molecular weight excluding hydrogens is 373 g/mol. The normalized spacial score (nSPS) is 16.5. The molecule has 0 bridgehead atoms. The molecule has 2 amide bonds. The monoisotopic (exact) mass is 397 g/mol. The van der Waals surface area contributed by atoms with E-state index in [1.54, 1.807) is 52.0 Å². The summed E-state index contributed by atoms with van der Waals surface area (Å²) >= 11 is 0. The lowest BCUT2D eigenvalue weighted by Crippen LogP contribution is -2.38. The highest BCUT2D eigenvalue weighted by atomic mass is 19.1. The molecule has 2 aromatic rings. The molecule has 0 aromatic heterocycles. The molecule has 0 saturated heterocycles. The van der Waals surface area contributed by atoms with Crippen LogP contribution in [-0.4, -0.2) is 22.7 Å². The van der Waals surface area contributed by atoms with E-state index in [9.17, 15) is 19.1 Å². The Bertz CT molecular complexity index is 973. The van der Waals surface area contributed by atoms with Crippen LogP contribution in [0.5, 0.6) is 0 Å². The van der Waals surface area contributed by atoms with Gasteiger partial charge >= 0.3 is 6.09 Å². The second-order valence-electron chi connectivity index (χ2n) is 8.06. The van der Waals surface area contributed by atoms with Gasteiger partial charge in [-0.05, 0) is 57.9 Å². The van der Waals surface area contributed by atoms with Gasteiger partial charge in [0, 0.05) is 11.1 Å². The molecule has 0 saturated carbocycles. The maximum absolute atomic E-state index is 13.1. The number of rotatable bonds is 3. The highest BCUT2D eigenvalue weighted by Crippen LogP contribution is 2.40. The zero-order chi connectivity index (χ0) is 21.3. The molecule has 1 N–H and O–H groups in total. The summed E-state index contributed by atoms with van der Waals surface area (Å²) in [5.74, 6) is -0.867. The average Bonchev–Trinajstić information content (AvgIpc) is 2.92. The number of anilines is 1. The van der Waals surface area contributed by atoms with Crippen LogP contribution in [0.15, 0.2) is 54.1 Å². The third-order valence-corrected chi connectivity index (χ3v) is 4.59. The number of hydrogen-bond acceptors (Lipinski definition) is 4. The zero-order valence-electron chi connectivity index (χ0n) is 16.9. The van der Waals surface area contributed by atoms with Crippen LogP contribution < -0.4 is 4.90 Å². The van der Waals surface area contributed by atoms with Gasteiger partial charge in [-0.1, -0.05) is 35.9 Å². The number of nitrogens with zero attached hydrogens (tertiary/aromatic N) is 1. The Hall–Kier alpha value is -2.99. The number of hydrogen-bond donors (Lipinski definition) is 1. The third-order valence-electron chi connectivity index (χ3n) is 4.59. The van der Waals surface area contributed by atoms with Crippen molar-refractivity contribution in [3.05, 3.63) is 71.0 Å². The van der Waals surface area contributed by atoms with E-state index in [0.717, 1.165) is 4.90 Å². The number of carbonyl (C=O) groups excluding carboxylic acids is 2. The van der Waals surface area contributed by atoms with E-state index in [1.807, 2.05) is 0 Å². The minimum absolute atomic E-state index is 0.170. The van der Waals surface area contributed by atoms with Crippen LogP contribution in [-0.2, 0) is 9.53 Å². The maximum Gasteiger partial charge on any atom is 0.422 e. The Morgan fingerprint density at radius 3 is 2.38 bits per heavy atom. The highest BCUT2D eigenvalue weighted by Gasteiger charge is 2.39. The number of aliphatic hydroxyl groups excluding tert-OH is 1. The standard InChI is InChI=1S/C23H24FNO4/c1-14(13-19(26)15-9-11-16(24)12-10-15)20-17-7-5-6-8-18(17)25(21(20)27)22(28)29-23(2,3)4/h5-12,19,26H,13H2,1-4H3/b20-14-. The number of imide groups is 1. The average molecular weight is 397 g/mol. The van der Waals surface area contributed by atoms with Gasteiger partial charge in [0.15, 0.2) is 0 Å². The number of carbonyl (C=O) groups is 2. The fourth-order valence-electron chi connectivity index (χ4n) is 3.31. The Morgan fingerprint density at radius 2 is 1.76 bits per heavy atom. The van der Waals surface area contributed by atoms with Gasteiger partial charge < -0.3 is 9.84 Å². The summed E-state index contributed by atoms with van der Waals surface area (Å²) in [6.45, 7) is 6.95. The van der Waals surface area contributed by atoms with E-state index >= 15 is 0 Å². The van der Waals surface area contributed by atoms with Crippen LogP contribution in [0.25, 0.3) is 5.57 Å². The van der Waals surface area contributed by atoms with Gasteiger partial charge in [-0.25, -0.2) is 14.1 Å². The first-order chi connectivity index (χ1) is 13.6.